The molecule has 1 nitrogen and oxygen atoms in total. The van der Waals surface area contributed by atoms with Gasteiger partial charge in [0.2, 0.25) is 0 Å². The molecule has 1 aliphatic rings. The second-order valence-electron chi connectivity index (χ2n) is 2.80. The van der Waals surface area contributed by atoms with E-state index < -0.39 is 0 Å². The molecule has 0 aromatic rings. The molecule has 53 valence electrons. The predicted octanol–water partition coefficient (Wildman–Crippen LogP) is 1.61. The molecule has 1 aliphatic heterocycles. The Labute approximate surface area is 61.8 Å². The zero-order valence-corrected chi connectivity index (χ0v) is 7.00. The van der Waals surface area contributed by atoms with E-state index in [2.05, 4.69) is 18.7 Å². The van der Waals surface area contributed by atoms with Crippen LogP contribution in [0, 0.1) is 5.92 Å². The standard InChI is InChI=1S/C7H14NS/c1-7(2)5-8-3-4-9-6-8/h3-6H2,1-2H3. The van der Waals surface area contributed by atoms with E-state index in [1.807, 2.05) is 11.8 Å². The quantitative estimate of drug-likeness (QED) is 0.579. The van der Waals surface area contributed by atoms with Crippen LogP contribution in [0.15, 0.2) is 0 Å². The minimum atomic E-state index is 1.20. The third kappa shape index (κ3) is 2.59. The summed E-state index contributed by atoms with van der Waals surface area (Å²) in [5.74, 6) is 4.09. The van der Waals surface area contributed by atoms with Gasteiger partial charge in [0, 0.05) is 24.7 Å². The van der Waals surface area contributed by atoms with Crippen LogP contribution in [-0.4, -0.2) is 29.6 Å². The first-order valence-electron chi connectivity index (χ1n) is 3.38. The van der Waals surface area contributed by atoms with Gasteiger partial charge in [-0.05, 0) is 5.92 Å². The number of hydrogen-bond donors (Lipinski definition) is 0. The Bertz CT molecular complexity index is 77.0. The van der Waals surface area contributed by atoms with E-state index in [-0.39, 0.29) is 0 Å². The highest BCUT2D eigenvalue weighted by Gasteiger charge is 2.12. The van der Waals surface area contributed by atoms with Crippen LogP contribution in [0.2, 0.25) is 0 Å². The van der Waals surface area contributed by atoms with Crippen molar-refractivity contribution in [2.45, 2.75) is 13.8 Å². The lowest BCUT2D eigenvalue weighted by Gasteiger charge is -2.15. The number of nitrogens with zero attached hydrogens (tertiary/aromatic N) is 1. The molecule has 9 heavy (non-hydrogen) atoms. The first kappa shape index (κ1) is 7.42. The number of rotatable bonds is 2. The third-order valence-corrected chi connectivity index (χ3v) is 2.38. The first-order valence-corrected chi connectivity index (χ1v) is 4.53. The fraction of sp³-hybridized carbons (Fsp3) is 0.857. The van der Waals surface area contributed by atoms with E-state index in [0.29, 0.717) is 0 Å². The normalized spacial score (nSPS) is 21.7. The molecular formula is C7H14NS. The minimum absolute atomic E-state index is 1.20. The molecule has 0 amide bonds. The maximum Gasteiger partial charge on any atom is 0.0445 e. The van der Waals surface area contributed by atoms with Gasteiger partial charge in [0.25, 0.3) is 0 Å². The zero-order chi connectivity index (χ0) is 6.69. The highest BCUT2D eigenvalue weighted by molar-refractivity contribution is 7.99. The Balaban J connectivity index is 2.11. The van der Waals surface area contributed by atoms with Crippen molar-refractivity contribution in [3.05, 3.63) is 5.92 Å². The van der Waals surface area contributed by atoms with Gasteiger partial charge in [0.1, 0.15) is 0 Å². The maximum atomic E-state index is 2.49. The summed E-state index contributed by atoms with van der Waals surface area (Å²) in [6.07, 6.45) is 0. The van der Waals surface area contributed by atoms with E-state index in [4.69, 9.17) is 0 Å². The molecule has 1 saturated heterocycles. The summed E-state index contributed by atoms with van der Waals surface area (Å²) in [5.41, 5.74) is 0. The topological polar surface area (TPSA) is 3.24 Å². The van der Waals surface area contributed by atoms with Crippen molar-refractivity contribution in [2.24, 2.45) is 0 Å². The Hall–Kier alpha value is 0.310. The van der Waals surface area contributed by atoms with Gasteiger partial charge in [-0.2, -0.15) is 0 Å². The van der Waals surface area contributed by atoms with Gasteiger partial charge in [-0.15, -0.1) is 11.8 Å². The van der Waals surface area contributed by atoms with E-state index >= 15 is 0 Å². The Morgan fingerprint density at radius 3 is 2.78 bits per heavy atom. The van der Waals surface area contributed by atoms with Crippen molar-refractivity contribution in [1.82, 2.24) is 4.90 Å². The second kappa shape index (κ2) is 3.47. The van der Waals surface area contributed by atoms with Crippen molar-refractivity contribution >= 4 is 11.8 Å². The smallest absolute Gasteiger partial charge is 0.0445 e. The van der Waals surface area contributed by atoms with Crippen molar-refractivity contribution in [3.63, 3.8) is 0 Å². The fourth-order valence-corrected chi connectivity index (χ4v) is 2.02. The second-order valence-corrected chi connectivity index (χ2v) is 3.87. The molecule has 0 aromatic carbocycles. The third-order valence-electron chi connectivity index (χ3n) is 1.37. The summed E-state index contributed by atoms with van der Waals surface area (Å²) in [6, 6.07) is 0. The van der Waals surface area contributed by atoms with Crippen LogP contribution in [0.25, 0.3) is 0 Å². The van der Waals surface area contributed by atoms with Crippen LogP contribution in [0.3, 0.4) is 0 Å². The molecule has 0 aliphatic carbocycles. The maximum absolute atomic E-state index is 2.49. The number of thioether (sulfide) groups is 1. The summed E-state index contributed by atoms with van der Waals surface area (Å²) >= 11 is 2.04. The van der Waals surface area contributed by atoms with E-state index in [1.165, 1.54) is 30.6 Å². The molecule has 0 N–H and O–H groups in total. The molecule has 1 heterocycles. The van der Waals surface area contributed by atoms with E-state index in [9.17, 15) is 0 Å². The summed E-state index contributed by atoms with van der Waals surface area (Å²) in [6.45, 7) is 6.88. The van der Waals surface area contributed by atoms with Gasteiger partial charge < -0.3 is 0 Å². The lowest BCUT2D eigenvalue weighted by molar-refractivity contribution is 0.370. The Kier molecular flexibility index (Phi) is 2.86. The van der Waals surface area contributed by atoms with Crippen molar-refractivity contribution < 1.29 is 0 Å². The minimum Gasteiger partial charge on any atom is -0.293 e. The van der Waals surface area contributed by atoms with Crippen molar-refractivity contribution in [2.75, 3.05) is 24.7 Å². The van der Waals surface area contributed by atoms with Crippen LogP contribution in [-0.2, 0) is 0 Å². The van der Waals surface area contributed by atoms with Crippen LogP contribution in [0.4, 0.5) is 0 Å². The Morgan fingerprint density at radius 2 is 2.33 bits per heavy atom. The molecule has 1 rings (SSSR count). The molecule has 0 bridgehead atoms. The fourth-order valence-electron chi connectivity index (χ4n) is 1.02. The summed E-state index contributed by atoms with van der Waals surface area (Å²) in [4.78, 5) is 2.49. The molecule has 0 spiro atoms. The molecule has 1 radical (unpaired) electrons. The largest absolute Gasteiger partial charge is 0.293 e. The summed E-state index contributed by atoms with van der Waals surface area (Å²) < 4.78 is 0. The number of hydrogen-bond acceptors (Lipinski definition) is 2. The molecule has 0 saturated carbocycles. The lowest BCUT2D eigenvalue weighted by Crippen LogP contribution is -2.23. The lowest BCUT2D eigenvalue weighted by atomic mass is 10.2. The van der Waals surface area contributed by atoms with Gasteiger partial charge in [-0.1, -0.05) is 13.8 Å². The average Bonchev–Trinajstić information content (AvgIpc) is 2.15. The molecule has 0 atom stereocenters. The van der Waals surface area contributed by atoms with Crippen molar-refractivity contribution in [1.29, 1.82) is 0 Å². The van der Waals surface area contributed by atoms with Gasteiger partial charge in [-0.3, -0.25) is 4.90 Å². The highest BCUT2D eigenvalue weighted by Crippen LogP contribution is 2.14. The summed E-state index contributed by atoms with van der Waals surface area (Å²) in [7, 11) is 0. The summed E-state index contributed by atoms with van der Waals surface area (Å²) in [5, 5.41) is 0. The average molecular weight is 144 g/mol. The van der Waals surface area contributed by atoms with Gasteiger partial charge >= 0.3 is 0 Å². The van der Waals surface area contributed by atoms with Crippen molar-refractivity contribution in [3.8, 4) is 0 Å². The van der Waals surface area contributed by atoms with Crippen LogP contribution >= 0.6 is 11.8 Å². The molecule has 2 heteroatoms. The first-order chi connectivity index (χ1) is 4.29. The molecular weight excluding hydrogens is 130 g/mol. The zero-order valence-electron chi connectivity index (χ0n) is 6.18. The van der Waals surface area contributed by atoms with E-state index in [0.717, 1.165) is 0 Å². The van der Waals surface area contributed by atoms with Gasteiger partial charge in [0.05, 0.1) is 0 Å². The molecule has 0 aromatic heterocycles. The molecule has 0 unspecified atom stereocenters. The van der Waals surface area contributed by atoms with Gasteiger partial charge in [0.15, 0.2) is 0 Å². The SMILES string of the molecule is C[C](C)CN1CCSC1. The predicted molar refractivity (Wildman–Crippen MR) is 43.5 cm³/mol. The highest BCUT2D eigenvalue weighted by atomic mass is 32.2. The Morgan fingerprint density at radius 1 is 1.56 bits per heavy atom. The van der Waals surface area contributed by atoms with Gasteiger partial charge in [-0.25, -0.2) is 0 Å². The van der Waals surface area contributed by atoms with Crippen LogP contribution in [0.1, 0.15) is 13.8 Å². The molecule has 1 fully saturated rings. The van der Waals surface area contributed by atoms with Crippen LogP contribution in [0.5, 0.6) is 0 Å². The van der Waals surface area contributed by atoms with E-state index in [1.54, 1.807) is 0 Å². The monoisotopic (exact) mass is 144 g/mol. The van der Waals surface area contributed by atoms with Crippen LogP contribution < -0.4 is 0 Å².